The summed E-state index contributed by atoms with van der Waals surface area (Å²) in [5, 5.41) is 7.94. The fourth-order valence-corrected chi connectivity index (χ4v) is 0.368. The lowest BCUT2D eigenvalue weighted by atomic mass is 10.0. The van der Waals surface area contributed by atoms with Crippen molar-refractivity contribution in [3.05, 3.63) is 8.89 Å². The maximum Gasteiger partial charge on any atom is 0.142 e. The van der Waals surface area contributed by atoms with Crippen LogP contribution < -0.4 is 0 Å². The van der Waals surface area contributed by atoms with Crippen molar-refractivity contribution in [3.8, 4) is 0 Å². The Kier molecular flexibility index (Phi) is 3.91. The summed E-state index contributed by atoms with van der Waals surface area (Å²) < 4.78 is 0.813. The summed E-state index contributed by atoms with van der Waals surface area (Å²) in [6.45, 7) is 1.90. The summed E-state index contributed by atoms with van der Waals surface area (Å²) in [6.07, 6.45) is 0. The Balaban J connectivity index is 4.23. The van der Waals surface area contributed by atoms with E-state index in [2.05, 4.69) is 9.24 Å². The van der Waals surface area contributed by atoms with Gasteiger partial charge in [-0.3, -0.25) is 0 Å². The minimum absolute atomic E-state index is 0.137. The molecule has 0 aromatic carbocycles. The predicted octanol–water partition coefficient (Wildman–Crippen LogP) is 1.67. The molecule has 0 fully saturated rings. The zero-order chi connectivity index (χ0) is 6.73. The van der Waals surface area contributed by atoms with Crippen LogP contribution in [0.15, 0.2) is 8.89 Å². The van der Waals surface area contributed by atoms with E-state index < -0.39 is 0 Å². The molecule has 8 heavy (non-hydrogen) atoms. The van der Waals surface area contributed by atoms with Gasteiger partial charge in [0.1, 0.15) is 7.85 Å². The van der Waals surface area contributed by atoms with Gasteiger partial charge in [0, 0.05) is 3.58 Å². The first-order valence-corrected chi connectivity index (χ1v) is 3.67. The molecule has 0 rings (SSSR count). The summed E-state index contributed by atoms with van der Waals surface area (Å²) in [6, 6.07) is 0. The first kappa shape index (κ1) is 8.63. The van der Waals surface area contributed by atoms with E-state index in [0.29, 0.717) is 0 Å². The van der Waals surface area contributed by atoms with E-state index >= 15 is 0 Å². The van der Waals surface area contributed by atoms with Crippen LogP contribution in [0.2, 0.25) is 0 Å². The molecule has 0 amide bonds. The van der Waals surface area contributed by atoms with Gasteiger partial charge in [0.05, 0.1) is 0 Å². The highest BCUT2D eigenvalue weighted by Crippen LogP contribution is 2.17. The molecule has 1 unspecified atom stereocenters. The summed E-state index contributed by atoms with van der Waals surface area (Å²) in [7, 11) is 7.63. The van der Waals surface area contributed by atoms with Gasteiger partial charge in [0.2, 0.25) is 0 Å². The summed E-state index contributed by atoms with van der Waals surface area (Å²) >= 11 is 2.03. The molecule has 0 aliphatic rings. The smallest absolute Gasteiger partial charge is 0.142 e. The Morgan fingerprint density at radius 1 is 1.75 bits per heavy atom. The van der Waals surface area contributed by atoms with Crippen LogP contribution in [-0.4, -0.2) is 13.5 Å². The van der Waals surface area contributed by atoms with Crippen molar-refractivity contribution < 1.29 is 0 Å². The van der Waals surface area contributed by atoms with Gasteiger partial charge in [-0.1, -0.05) is 0 Å². The van der Waals surface area contributed by atoms with E-state index in [-0.39, 0.29) is 5.61 Å². The molecule has 2 radical (unpaired) electrons. The average Bonchev–Trinajstić information content (AvgIpc) is 1.64. The fraction of sp³-hybridized carbons (Fsp3) is 0.250. The summed E-state index contributed by atoms with van der Waals surface area (Å²) in [5.74, 6) is 0. The SMILES string of the molecule is [B]C(=N)/C(I)=C(/C)P. The molecule has 0 aromatic heterocycles. The molecule has 4 heteroatoms. The van der Waals surface area contributed by atoms with Crippen molar-refractivity contribution in [2.45, 2.75) is 6.92 Å². The van der Waals surface area contributed by atoms with E-state index in [1.54, 1.807) is 0 Å². The molecule has 0 heterocycles. The third-order valence-electron chi connectivity index (χ3n) is 0.583. The molecule has 1 nitrogen and oxygen atoms in total. The van der Waals surface area contributed by atoms with Gasteiger partial charge in [-0.15, -0.1) is 9.24 Å². The highest BCUT2D eigenvalue weighted by atomic mass is 127. The van der Waals surface area contributed by atoms with E-state index in [4.69, 9.17) is 13.3 Å². The molecular formula is C4H6BINP. The fourth-order valence-electron chi connectivity index (χ4n) is 0.212. The Bertz CT molecular complexity index is 139. The maximum absolute atomic E-state index is 6.93. The van der Waals surface area contributed by atoms with Crippen molar-refractivity contribution in [2.24, 2.45) is 0 Å². The Labute approximate surface area is 66.6 Å². The maximum atomic E-state index is 6.93. The lowest BCUT2D eigenvalue weighted by Crippen LogP contribution is -1.93. The Morgan fingerprint density at radius 2 is 2.12 bits per heavy atom. The van der Waals surface area contributed by atoms with Gasteiger partial charge in [-0.2, -0.15) is 0 Å². The van der Waals surface area contributed by atoms with Gasteiger partial charge in [-0.05, 0) is 40.4 Å². The molecule has 0 saturated carbocycles. The molecule has 0 aromatic rings. The number of nitrogens with one attached hydrogen (secondary N) is 1. The second-order valence-electron chi connectivity index (χ2n) is 1.41. The van der Waals surface area contributed by atoms with Gasteiger partial charge in [0.15, 0.2) is 0 Å². The van der Waals surface area contributed by atoms with Crippen LogP contribution in [0.1, 0.15) is 6.92 Å². The highest BCUT2D eigenvalue weighted by Gasteiger charge is 1.93. The molecule has 0 spiro atoms. The molecule has 1 N–H and O–H groups in total. The van der Waals surface area contributed by atoms with Crippen LogP contribution >= 0.6 is 31.8 Å². The van der Waals surface area contributed by atoms with E-state index in [0.717, 1.165) is 8.89 Å². The van der Waals surface area contributed by atoms with Crippen LogP contribution in [0.25, 0.3) is 0 Å². The first-order valence-electron chi connectivity index (χ1n) is 2.02. The minimum Gasteiger partial charge on any atom is -0.316 e. The second kappa shape index (κ2) is 3.62. The quantitative estimate of drug-likeness (QED) is 0.310. The molecule has 0 aliphatic heterocycles. The van der Waals surface area contributed by atoms with Crippen LogP contribution in [0.3, 0.4) is 0 Å². The van der Waals surface area contributed by atoms with Crippen molar-refractivity contribution in [1.29, 1.82) is 5.41 Å². The first-order chi connectivity index (χ1) is 3.55. The van der Waals surface area contributed by atoms with Crippen LogP contribution in [0.4, 0.5) is 0 Å². The summed E-state index contributed by atoms with van der Waals surface area (Å²) in [4.78, 5) is 0. The number of hydrogen-bond donors (Lipinski definition) is 1. The third-order valence-corrected chi connectivity index (χ3v) is 2.89. The molecule has 0 bridgehead atoms. The van der Waals surface area contributed by atoms with Crippen molar-refractivity contribution in [2.75, 3.05) is 0 Å². The molecule has 42 valence electrons. The number of halogens is 1. The Hall–Kier alpha value is 0.635. The number of hydrogen-bond acceptors (Lipinski definition) is 1. The normalized spacial score (nSPS) is 12.9. The standard InChI is InChI=1S/C4H6BINP/c1-2(8)3(6)4(5)7/h7H,8H2,1H3/b3-2+,7-4?. The predicted molar refractivity (Wildman–Crippen MR) is 49.9 cm³/mol. The molecule has 0 saturated heterocycles. The molecular weight excluding hydrogens is 231 g/mol. The summed E-state index contributed by atoms with van der Waals surface area (Å²) in [5.41, 5.74) is 0.137. The largest absolute Gasteiger partial charge is 0.316 e. The van der Waals surface area contributed by atoms with E-state index in [9.17, 15) is 0 Å². The van der Waals surface area contributed by atoms with E-state index in [1.165, 1.54) is 0 Å². The lowest BCUT2D eigenvalue weighted by molar-refractivity contribution is 1.55. The minimum atomic E-state index is 0.137. The van der Waals surface area contributed by atoms with Gasteiger partial charge < -0.3 is 5.41 Å². The van der Waals surface area contributed by atoms with E-state index in [1.807, 2.05) is 29.5 Å². The second-order valence-corrected chi connectivity index (χ2v) is 3.36. The van der Waals surface area contributed by atoms with Crippen molar-refractivity contribution >= 4 is 45.3 Å². The average molecular weight is 237 g/mol. The van der Waals surface area contributed by atoms with Crippen LogP contribution in [-0.2, 0) is 0 Å². The zero-order valence-corrected chi connectivity index (χ0v) is 7.84. The topological polar surface area (TPSA) is 23.9 Å². The van der Waals surface area contributed by atoms with Crippen molar-refractivity contribution in [1.82, 2.24) is 0 Å². The zero-order valence-electron chi connectivity index (χ0n) is 4.53. The van der Waals surface area contributed by atoms with Crippen LogP contribution in [0.5, 0.6) is 0 Å². The lowest BCUT2D eigenvalue weighted by Gasteiger charge is -1.95. The van der Waals surface area contributed by atoms with Gasteiger partial charge >= 0.3 is 0 Å². The number of allylic oxidation sites excluding steroid dienone is 2. The highest BCUT2D eigenvalue weighted by molar-refractivity contribution is 14.1. The number of rotatable bonds is 1. The third kappa shape index (κ3) is 2.83. The Morgan fingerprint density at radius 3 is 2.12 bits per heavy atom. The van der Waals surface area contributed by atoms with Gasteiger partial charge in [-0.25, -0.2) is 0 Å². The molecule has 0 aliphatic carbocycles. The van der Waals surface area contributed by atoms with Crippen LogP contribution in [0, 0.1) is 5.41 Å². The van der Waals surface area contributed by atoms with Crippen molar-refractivity contribution in [3.63, 3.8) is 0 Å². The van der Waals surface area contributed by atoms with Gasteiger partial charge in [0.25, 0.3) is 0 Å². The monoisotopic (exact) mass is 237 g/mol. The molecule has 1 atom stereocenters.